The van der Waals surface area contributed by atoms with Crippen LogP contribution in [-0.2, 0) is 9.47 Å². The van der Waals surface area contributed by atoms with E-state index in [1.807, 2.05) is 0 Å². The molecule has 31 heavy (non-hydrogen) atoms. The second-order valence-electron chi connectivity index (χ2n) is 8.24. The van der Waals surface area contributed by atoms with Gasteiger partial charge in [-0.1, -0.05) is 5.11 Å². The first-order valence-electron chi connectivity index (χ1n) is 9.80. The highest BCUT2D eigenvalue weighted by atomic mass is 19.1. The highest BCUT2D eigenvalue weighted by Gasteiger charge is 2.34. The first kappa shape index (κ1) is 22.4. The Morgan fingerprint density at radius 1 is 1.26 bits per heavy atom. The summed E-state index contributed by atoms with van der Waals surface area (Å²) in [5.74, 6) is -1.65. The van der Waals surface area contributed by atoms with Gasteiger partial charge in [-0.15, -0.1) is 0 Å². The summed E-state index contributed by atoms with van der Waals surface area (Å²) in [4.78, 5) is 30.9. The molecule has 2 amide bonds. The van der Waals surface area contributed by atoms with Gasteiger partial charge >= 0.3 is 12.2 Å². The largest absolute Gasteiger partial charge is 0.444 e. The molecule has 2 aliphatic rings. The molecule has 168 valence electrons. The zero-order valence-corrected chi connectivity index (χ0v) is 17.5. The number of hydrogen-bond donors (Lipinski definition) is 0. The number of cyclic esters (lactones) is 1. The average Bonchev–Trinajstić information content (AvgIpc) is 3.05. The van der Waals surface area contributed by atoms with Gasteiger partial charge in [0.2, 0.25) is 0 Å². The van der Waals surface area contributed by atoms with Crippen LogP contribution in [0.3, 0.4) is 0 Å². The lowest BCUT2D eigenvalue weighted by atomic mass is 10.2. The van der Waals surface area contributed by atoms with E-state index in [2.05, 4.69) is 10.0 Å². The molecule has 1 aromatic carbocycles. The fourth-order valence-corrected chi connectivity index (χ4v) is 3.40. The summed E-state index contributed by atoms with van der Waals surface area (Å²) in [5, 5.41) is 3.35. The van der Waals surface area contributed by atoms with E-state index < -0.39 is 35.5 Å². The predicted molar refractivity (Wildman–Crippen MR) is 108 cm³/mol. The van der Waals surface area contributed by atoms with Crippen molar-refractivity contribution in [2.75, 3.05) is 49.1 Å². The summed E-state index contributed by atoms with van der Waals surface area (Å²) in [6.45, 7) is 6.23. The normalized spacial score (nSPS) is 19.2. The molecule has 0 saturated carbocycles. The Morgan fingerprint density at radius 3 is 2.42 bits per heavy atom. The fourth-order valence-electron chi connectivity index (χ4n) is 3.40. The molecule has 2 fully saturated rings. The number of piperazine rings is 1. The van der Waals surface area contributed by atoms with Crippen molar-refractivity contribution < 1.29 is 27.8 Å². The van der Waals surface area contributed by atoms with Crippen LogP contribution in [0, 0.1) is 11.6 Å². The SMILES string of the molecule is CC(C)(C)OC(=O)N1CCN(c2c(F)cc(N3CC(CN=[N+]=[N-])OC3=O)cc2F)CC1. The number of hydrogen-bond acceptors (Lipinski definition) is 6. The van der Waals surface area contributed by atoms with Gasteiger partial charge < -0.3 is 19.3 Å². The minimum Gasteiger partial charge on any atom is -0.444 e. The van der Waals surface area contributed by atoms with Crippen LogP contribution in [0.25, 0.3) is 10.4 Å². The maximum Gasteiger partial charge on any atom is 0.414 e. The van der Waals surface area contributed by atoms with E-state index in [0.717, 1.165) is 17.0 Å². The molecule has 2 aliphatic heterocycles. The summed E-state index contributed by atoms with van der Waals surface area (Å²) in [5.41, 5.74) is 7.54. The minimum absolute atomic E-state index is 0.0135. The Balaban J connectivity index is 1.69. The molecule has 3 rings (SSSR count). The van der Waals surface area contributed by atoms with Crippen molar-refractivity contribution in [2.45, 2.75) is 32.5 Å². The maximum absolute atomic E-state index is 14.8. The van der Waals surface area contributed by atoms with Gasteiger partial charge in [-0.05, 0) is 26.3 Å². The van der Waals surface area contributed by atoms with E-state index in [1.165, 1.54) is 9.80 Å². The lowest BCUT2D eigenvalue weighted by molar-refractivity contribution is 0.0240. The van der Waals surface area contributed by atoms with Crippen LogP contribution in [0.1, 0.15) is 20.8 Å². The van der Waals surface area contributed by atoms with Crippen molar-refractivity contribution in [3.63, 3.8) is 0 Å². The van der Waals surface area contributed by atoms with E-state index in [1.54, 1.807) is 20.8 Å². The average molecular weight is 438 g/mol. The molecule has 1 aromatic rings. The number of carbonyl (C=O) groups excluding carboxylic acids is 2. The van der Waals surface area contributed by atoms with E-state index in [9.17, 15) is 18.4 Å². The number of nitrogens with zero attached hydrogens (tertiary/aromatic N) is 6. The smallest absolute Gasteiger partial charge is 0.414 e. The van der Waals surface area contributed by atoms with E-state index in [-0.39, 0.29) is 50.6 Å². The number of anilines is 2. The number of amides is 2. The van der Waals surface area contributed by atoms with Crippen molar-refractivity contribution in [1.29, 1.82) is 0 Å². The lowest BCUT2D eigenvalue weighted by Crippen LogP contribution is -2.50. The van der Waals surface area contributed by atoms with E-state index >= 15 is 0 Å². The van der Waals surface area contributed by atoms with E-state index in [0.29, 0.717) is 0 Å². The molecule has 2 saturated heterocycles. The quantitative estimate of drug-likeness (QED) is 0.405. The summed E-state index contributed by atoms with van der Waals surface area (Å²) in [6.07, 6.45) is -1.92. The number of benzene rings is 1. The van der Waals surface area contributed by atoms with E-state index in [4.69, 9.17) is 15.0 Å². The van der Waals surface area contributed by atoms with Crippen LogP contribution in [0.2, 0.25) is 0 Å². The van der Waals surface area contributed by atoms with Crippen LogP contribution in [-0.4, -0.2) is 68.1 Å². The third kappa shape index (κ3) is 5.26. The monoisotopic (exact) mass is 438 g/mol. The van der Waals surface area contributed by atoms with Crippen LogP contribution in [0.5, 0.6) is 0 Å². The highest BCUT2D eigenvalue weighted by molar-refractivity contribution is 5.90. The van der Waals surface area contributed by atoms with Crippen LogP contribution in [0.15, 0.2) is 17.2 Å². The molecule has 2 heterocycles. The number of halogens is 2. The molecule has 0 N–H and O–H groups in total. The van der Waals surface area contributed by atoms with Gasteiger partial charge in [-0.25, -0.2) is 18.4 Å². The predicted octanol–water partition coefficient (Wildman–Crippen LogP) is 3.66. The summed E-state index contributed by atoms with van der Waals surface area (Å²) < 4.78 is 40.0. The maximum atomic E-state index is 14.8. The first-order chi connectivity index (χ1) is 14.6. The number of ether oxygens (including phenoxy) is 2. The summed E-state index contributed by atoms with van der Waals surface area (Å²) >= 11 is 0. The van der Waals surface area contributed by atoms with Gasteiger partial charge in [0, 0.05) is 43.2 Å². The Hall–Kier alpha value is -3.27. The van der Waals surface area contributed by atoms with Gasteiger partial charge in [0.15, 0.2) is 11.6 Å². The van der Waals surface area contributed by atoms with Crippen molar-refractivity contribution in [2.24, 2.45) is 5.11 Å². The molecule has 0 aromatic heterocycles. The van der Waals surface area contributed by atoms with Crippen molar-refractivity contribution in [3.05, 3.63) is 34.2 Å². The molecule has 0 spiro atoms. The Labute approximate surface area is 177 Å². The minimum atomic E-state index is -0.827. The van der Waals surface area contributed by atoms with Gasteiger partial charge in [0.1, 0.15) is 17.4 Å². The Morgan fingerprint density at radius 2 is 1.87 bits per heavy atom. The van der Waals surface area contributed by atoms with Gasteiger partial charge in [-0.3, -0.25) is 4.90 Å². The van der Waals surface area contributed by atoms with Crippen molar-refractivity contribution in [3.8, 4) is 0 Å². The van der Waals surface area contributed by atoms with Crippen LogP contribution < -0.4 is 9.80 Å². The van der Waals surface area contributed by atoms with Gasteiger partial charge in [0.25, 0.3) is 0 Å². The van der Waals surface area contributed by atoms with Gasteiger partial charge in [-0.2, -0.15) is 0 Å². The third-order valence-electron chi connectivity index (χ3n) is 4.78. The molecular weight excluding hydrogens is 414 g/mol. The second kappa shape index (κ2) is 8.84. The Kier molecular flexibility index (Phi) is 6.40. The molecule has 10 nitrogen and oxygen atoms in total. The Bertz CT molecular complexity index is 884. The molecule has 1 atom stereocenters. The molecule has 0 bridgehead atoms. The molecule has 1 unspecified atom stereocenters. The van der Waals surface area contributed by atoms with Crippen LogP contribution in [0.4, 0.5) is 29.7 Å². The topological polar surface area (TPSA) is 111 Å². The second-order valence-corrected chi connectivity index (χ2v) is 8.24. The van der Waals surface area contributed by atoms with Gasteiger partial charge in [0.05, 0.1) is 18.8 Å². The van der Waals surface area contributed by atoms with Crippen LogP contribution >= 0.6 is 0 Å². The van der Waals surface area contributed by atoms with Crippen molar-refractivity contribution in [1.82, 2.24) is 4.90 Å². The zero-order valence-electron chi connectivity index (χ0n) is 17.5. The number of rotatable bonds is 4. The lowest BCUT2D eigenvalue weighted by Gasteiger charge is -2.37. The zero-order chi connectivity index (χ0) is 22.8. The molecule has 0 radical (unpaired) electrons. The summed E-state index contributed by atoms with van der Waals surface area (Å²) in [6, 6.07) is 2.13. The molecular formula is C19H24F2N6O4. The summed E-state index contributed by atoms with van der Waals surface area (Å²) in [7, 11) is 0. The number of carbonyl (C=O) groups is 2. The standard InChI is InChI=1S/C19H24F2N6O4/c1-19(2,3)31-17(28)26-6-4-25(5-7-26)16-14(20)8-12(9-15(16)21)27-11-13(10-23-24-22)30-18(27)29/h8-9,13H,4-7,10-11H2,1-3H3. The molecule has 12 heteroatoms. The highest BCUT2D eigenvalue weighted by Crippen LogP contribution is 2.31. The van der Waals surface area contributed by atoms with Crippen molar-refractivity contribution >= 4 is 23.6 Å². The number of azide groups is 1. The third-order valence-corrected chi connectivity index (χ3v) is 4.78. The fraction of sp³-hybridized carbons (Fsp3) is 0.579. The first-order valence-corrected chi connectivity index (χ1v) is 9.80. The molecule has 0 aliphatic carbocycles.